The van der Waals surface area contributed by atoms with E-state index in [1.165, 1.54) is 39.5 Å². The van der Waals surface area contributed by atoms with E-state index in [-0.39, 0.29) is 11.3 Å². The molecule has 0 atom stereocenters. The zero-order valence-corrected chi connectivity index (χ0v) is 26.6. The minimum Gasteiger partial charge on any atom is -0.504 e. The molecule has 0 fully saturated rings. The average Bonchev–Trinajstić information content (AvgIpc) is 2.89. The van der Waals surface area contributed by atoms with Crippen LogP contribution in [0.4, 0.5) is 0 Å². The molecule has 3 N–H and O–H groups in total. The van der Waals surface area contributed by atoms with Crippen molar-refractivity contribution in [2.24, 2.45) is 0 Å². The molecule has 0 amide bonds. The number of allylic oxidation sites excluding steroid dienone is 12. The summed E-state index contributed by atoms with van der Waals surface area (Å²) in [5, 5.41) is 29.0. The van der Waals surface area contributed by atoms with Crippen molar-refractivity contribution in [3.05, 3.63) is 93.2 Å². The fourth-order valence-electron chi connectivity index (χ4n) is 4.52. The van der Waals surface area contributed by atoms with Crippen LogP contribution in [0.3, 0.4) is 0 Å². The minimum absolute atomic E-state index is 0.0318. The number of aromatic carboxylic acids is 1. The second-order valence-electron chi connectivity index (χ2n) is 11.7. The van der Waals surface area contributed by atoms with Crippen LogP contribution in [-0.4, -0.2) is 21.3 Å². The smallest absolute Gasteiger partial charge is 0.335 e. The molecule has 0 saturated carbocycles. The molecule has 0 heterocycles. The van der Waals surface area contributed by atoms with Crippen molar-refractivity contribution in [2.45, 2.75) is 119 Å². The quantitative estimate of drug-likeness (QED) is 0.123. The van der Waals surface area contributed by atoms with Crippen molar-refractivity contribution in [2.75, 3.05) is 0 Å². The van der Waals surface area contributed by atoms with E-state index in [1.54, 1.807) is 0 Å². The van der Waals surface area contributed by atoms with Gasteiger partial charge in [-0.15, -0.1) is 0 Å². The predicted molar refractivity (Wildman–Crippen MR) is 175 cm³/mol. The molecule has 0 aromatic heterocycles. The average molecular weight is 563 g/mol. The van der Waals surface area contributed by atoms with Gasteiger partial charge in [0.15, 0.2) is 11.5 Å². The number of carbonyl (C=O) groups is 1. The number of benzene rings is 1. The summed E-state index contributed by atoms with van der Waals surface area (Å²) in [4.78, 5) is 11.2. The Morgan fingerprint density at radius 2 is 0.951 bits per heavy atom. The third kappa shape index (κ3) is 16.6. The standard InChI is InChI=1S/C37H54O4/c1-27(2)13-8-14-28(3)15-9-16-29(4)17-10-18-30(5)19-11-20-31(6)21-12-22-32(7)23-24-33-25-34(37(40)41)26-35(38)36(33)39/h13,15,17,19,21,23,25-26,38-39H,8-12,14,16,18,20,22,24H2,1-7H3,(H,40,41). The molecule has 4 heteroatoms. The van der Waals surface area contributed by atoms with Gasteiger partial charge >= 0.3 is 5.97 Å². The fraction of sp³-hybridized carbons (Fsp3) is 0.486. The van der Waals surface area contributed by atoms with Gasteiger partial charge in [0.2, 0.25) is 0 Å². The van der Waals surface area contributed by atoms with Crippen LogP contribution in [0.15, 0.2) is 82.0 Å². The van der Waals surface area contributed by atoms with Gasteiger partial charge in [-0.25, -0.2) is 4.79 Å². The van der Waals surface area contributed by atoms with Crippen LogP contribution in [0.25, 0.3) is 0 Å². The lowest BCUT2D eigenvalue weighted by Crippen LogP contribution is -1.98. The zero-order valence-electron chi connectivity index (χ0n) is 26.6. The van der Waals surface area contributed by atoms with Crippen molar-refractivity contribution < 1.29 is 20.1 Å². The molecule has 0 aliphatic rings. The number of carboxylic acids is 1. The van der Waals surface area contributed by atoms with Gasteiger partial charge in [-0.1, -0.05) is 69.9 Å². The van der Waals surface area contributed by atoms with Crippen LogP contribution in [0.1, 0.15) is 129 Å². The van der Waals surface area contributed by atoms with Gasteiger partial charge in [-0.3, -0.25) is 0 Å². The number of hydrogen-bond donors (Lipinski definition) is 3. The second kappa shape index (κ2) is 19.7. The molecule has 1 aromatic carbocycles. The first-order valence-electron chi connectivity index (χ1n) is 15.1. The van der Waals surface area contributed by atoms with Crippen molar-refractivity contribution in [1.29, 1.82) is 0 Å². The highest BCUT2D eigenvalue weighted by Crippen LogP contribution is 2.31. The summed E-state index contributed by atoms with van der Waals surface area (Å²) in [6.45, 7) is 15.3. The summed E-state index contributed by atoms with van der Waals surface area (Å²) in [7, 11) is 0. The Labute approximate surface area is 249 Å². The number of aromatic hydroxyl groups is 2. The van der Waals surface area contributed by atoms with E-state index in [4.69, 9.17) is 5.11 Å². The summed E-state index contributed by atoms with van der Waals surface area (Å²) in [5.74, 6) is -1.79. The summed E-state index contributed by atoms with van der Waals surface area (Å²) < 4.78 is 0. The highest BCUT2D eigenvalue weighted by atomic mass is 16.4. The lowest BCUT2D eigenvalue weighted by molar-refractivity contribution is 0.0696. The van der Waals surface area contributed by atoms with E-state index in [0.29, 0.717) is 12.0 Å². The SMILES string of the molecule is CC(C)=CCCC(C)=CCCC(C)=CCCC(C)=CCCC(C)=CCCC(C)=CCc1cc(C(=O)O)cc(O)c1O. The van der Waals surface area contributed by atoms with E-state index in [2.05, 4.69) is 71.9 Å². The lowest BCUT2D eigenvalue weighted by atomic mass is 10.0. The van der Waals surface area contributed by atoms with Gasteiger partial charge in [0, 0.05) is 5.56 Å². The molecule has 0 aliphatic heterocycles. The maximum absolute atomic E-state index is 11.2. The topological polar surface area (TPSA) is 77.8 Å². The van der Waals surface area contributed by atoms with E-state index in [0.717, 1.165) is 70.3 Å². The van der Waals surface area contributed by atoms with E-state index in [9.17, 15) is 15.0 Å². The highest BCUT2D eigenvalue weighted by Gasteiger charge is 2.12. The molecule has 1 aromatic rings. The van der Waals surface area contributed by atoms with Crippen molar-refractivity contribution in [3.63, 3.8) is 0 Å². The summed E-state index contributed by atoms with van der Waals surface area (Å²) >= 11 is 0. The Morgan fingerprint density at radius 1 is 0.585 bits per heavy atom. The predicted octanol–water partition coefficient (Wildman–Crippen LogP) is 10.9. The van der Waals surface area contributed by atoms with Crippen molar-refractivity contribution >= 4 is 5.97 Å². The molecule has 0 saturated heterocycles. The summed E-state index contributed by atoms with van der Waals surface area (Å²) in [5.41, 5.74) is 8.77. The Hall–Kier alpha value is -3.27. The van der Waals surface area contributed by atoms with Crippen LogP contribution in [0.2, 0.25) is 0 Å². The largest absolute Gasteiger partial charge is 0.504 e. The number of hydrogen-bond acceptors (Lipinski definition) is 3. The van der Waals surface area contributed by atoms with Crippen LogP contribution < -0.4 is 0 Å². The molecule has 226 valence electrons. The number of carboxylic acid groups (broad SMARTS) is 1. The van der Waals surface area contributed by atoms with Gasteiger partial charge < -0.3 is 15.3 Å². The molecule has 0 radical (unpaired) electrons. The van der Waals surface area contributed by atoms with Gasteiger partial charge in [0.05, 0.1) is 5.56 Å². The number of rotatable bonds is 18. The van der Waals surface area contributed by atoms with Crippen LogP contribution in [-0.2, 0) is 6.42 Å². The fourth-order valence-corrected chi connectivity index (χ4v) is 4.52. The second-order valence-corrected chi connectivity index (χ2v) is 11.7. The third-order valence-electron chi connectivity index (χ3n) is 7.30. The molecular formula is C37H54O4. The van der Waals surface area contributed by atoms with E-state index >= 15 is 0 Å². The number of phenols is 2. The van der Waals surface area contributed by atoms with Crippen LogP contribution in [0.5, 0.6) is 11.5 Å². The Kier molecular flexibility index (Phi) is 17.2. The molecule has 1 rings (SSSR count). The minimum atomic E-state index is -1.13. The van der Waals surface area contributed by atoms with Crippen LogP contribution in [0, 0.1) is 0 Å². The monoisotopic (exact) mass is 562 g/mol. The van der Waals surface area contributed by atoms with Crippen molar-refractivity contribution in [1.82, 2.24) is 0 Å². The van der Waals surface area contributed by atoms with E-state index in [1.807, 2.05) is 13.0 Å². The summed E-state index contributed by atoms with van der Waals surface area (Å²) in [6.07, 6.45) is 24.9. The van der Waals surface area contributed by atoms with Gasteiger partial charge in [-0.05, 0) is 131 Å². The molecule has 0 spiro atoms. The maximum Gasteiger partial charge on any atom is 0.335 e. The van der Waals surface area contributed by atoms with E-state index < -0.39 is 11.7 Å². The molecule has 0 bridgehead atoms. The van der Waals surface area contributed by atoms with Crippen molar-refractivity contribution in [3.8, 4) is 11.5 Å². The van der Waals surface area contributed by atoms with Gasteiger partial charge in [0.1, 0.15) is 0 Å². The lowest BCUT2D eigenvalue weighted by Gasteiger charge is -2.07. The molecule has 4 nitrogen and oxygen atoms in total. The van der Waals surface area contributed by atoms with Gasteiger partial charge in [-0.2, -0.15) is 0 Å². The normalized spacial score (nSPS) is 13.5. The first-order valence-corrected chi connectivity index (χ1v) is 15.1. The third-order valence-corrected chi connectivity index (χ3v) is 7.30. The highest BCUT2D eigenvalue weighted by molar-refractivity contribution is 5.89. The van der Waals surface area contributed by atoms with Crippen LogP contribution >= 0.6 is 0 Å². The maximum atomic E-state index is 11.2. The first kappa shape index (κ1) is 35.8. The zero-order chi connectivity index (χ0) is 30.8. The Bertz CT molecular complexity index is 1170. The Balaban J connectivity index is 2.37. The van der Waals surface area contributed by atoms with Gasteiger partial charge in [0.25, 0.3) is 0 Å². The first-order chi connectivity index (χ1) is 19.4. The number of phenolic OH excluding ortho intramolecular Hbond substituents is 2. The molecule has 0 unspecified atom stereocenters. The molecular weight excluding hydrogens is 508 g/mol. The Morgan fingerprint density at radius 3 is 1.32 bits per heavy atom. The molecule has 41 heavy (non-hydrogen) atoms. The molecule has 0 aliphatic carbocycles. The summed E-state index contributed by atoms with van der Waals surface area (Å²) in [6, 6.07) is 2.48.